The fraction of sp³-hybridized carbons (Fsp3) is 0.308. The number of hydrogen-bond acceptors (Lipinski definition) is 3. The lowest BCUT2D eigenvalue weighted by Gasteiger charge is -2.29. The molecule has 1 heterocycles. The molecule has 2 aliphatic rings. The van der Waals surface area contributed by atoms with Gasteiger partial charge in [-0.05, 0) is 65.6 Å². The van der Waals surface area contributed by atoms with Crippen molar-refractivity contribution in [2.24, 2.45) is 23.5 Å². The first-order valence-electron chi connectivity index (χ1n) is 16.1. The highest BCUT2D eigenvalue weighted by Crippen LogP contribution is 2.42. The number of rotatable bonds is 11. The van der Waals surface area contributed by atoms with Crippen LogP contribution in [0.2, 0.25) is 0 Å². The minimum atomic E-state index is -0.918. The molecule has 1 aliphatic carbocycles. The Hall–Kier alpha value is -4.71. The fourth-order valence-corrected chi connectivity index (χ4v) is 6.69. The number of nitrogens with two attached hydrogens (primary N) is 1. The molecule has 45 heavy (non-hydrogen) atoms. The highest BCUT2D eigenvalue weighted by Gasteiger charge is 2.40. The zero-order valence-electron chi connectivity index (χ0n) is 26.0. The standard InChI is InChI=1S/C39H41N3O3/c1-3-9-33(37(40)43)34(23-26-18-19-26)38(44)41-36-32-14-5-4-12-30(32)31-13-6-7-15-35(31)42(39(36)45)24-27-10-8-11-29(22-27)28-20-16-25(2)17-21-28/h4-8,10-17,20-22,26,33-34,36H,3,9,18-19,23-24H2,1-2H3,(H2,40,43)(H,41,44). The Kier molecular flexibility index (Phi) is 8.83. The Morgan fingerprint density at radius 1 is 0.867 bits per heavy atom. The molecular weight excluding hydrogens is 558 g/mol. The Morgan fingerprint density at radius 3 is 2.29 bits per heavy atom. The number of carbonyl (C=O) groups is 3. The van der Waals surface area contributed by atoms with Gasteiger partial charge in [0.15, 0.2) is 0 Å². The molecule has 0 saturated heterocycles. The molecule has 6 heteroatoms. The minimum absolute atomic E-state index is 0.210. The number of nitrogens with one attached hydrogen (secondary N) is 1. The highest BCUT2D eigenvalue weighted by atomic mass is 16.2. The summed E-state index contributed by atoms with van der Waals surface area (Å²) in [5.74, 6) is -1.66. The number of para-hydroxylation sites is 1. The van der Waals surface area contributed by atoms with Gasteiger partial charge in [-0.15, -0.1) is 0 Å². The summed E-state index contributed by atoms with van der Waals surface area (Å²) in [4.78, 5) is 43.2. The molecule has 1 saturated carbocycles. The predicted octanol–water partition coefficient (Wildman–Crippen LogP) is 7.35. The van der Waals surface area contributed by atoms with E-state index < -0.39 is 23.8 Å². The molecule has 230 valence electrons. The Balaban J connectivity index is 1.38. The van der Waals surface area contributed by atoms with Gasteiger partial charge in [-0.2, -0.15) is 0 Å². The van der Waals surface area contributed by atoms with Crippen LogP contribution in [0.15, 0.2) is 97.1 Å². The number of nitrogens with zero attached hydrogens (tertiary/aromatic N) is 1. The smallest absolute Gasteiger partial charge is 0.254 e. The lowest BCUT2D eigenvalue weighted by molar-refractivity contribution is -0.136. The zero-order valence-corrected chi connectivity index (χ0v) is 26.0. The van der Waals surface area contributed by atoms with Crippen molar-refractivity contribution in [1.82, 2.24) is 5.32 Å². The molecule has 0 spiro atoms. The number of carbonyl (C=O) groups excluding carboxylic acids is 3. The summed E-state index contributed by atoms with van der Waals surface area (Å²) in [6.45, 7) is 4.40. The molecular formula is C39H41N3O3. The van der Waals surface area contributed by atoms with E-state index in [4.69, 9.17) is 5.73 Å². The SMILES string of the molecule is CCCC(C(N)=O)C(CC1CC1)C(=O)NC1C(=O)N(Cc2cccc(-c3ccc(C)cc3)c2)c2ccccc2-c2ccccc21. The minimum Gasteiger partial charge on any atom is -0.369 e. The van der Waals surface area contributed by atoms with Crippen molar-refractivity contribution in [3.63, 3.8) is 0 Å². The van der Waals surface area contributed by atoms with Gasteiger partial charge < -0.3 is 16.0 Å². The van der Waals surface area contributed by atoms with E-state index in [1.54, 1.807) is 4.90 Å². The van der Waals surface area contributed by atoms with Crippen LogP contribution in [0.5, 0.6) is 0 Å². The summed E-state index contributed by atoms with van der Waals surface area (Å²) in [7, 11) is 0. The van der Waals surface area contributed by atoms with Crippen molar-refractivity contribution in [1.29, 1.82) is 0 Å². The lowest BCUT2D eigenvalue weighted by atomic mass is 9.83. The number of anilines is 1. The van der Waals surface area contributed by atoms with Crippen LogP contribution >= 0.6 is 0 Å². The molecule has 6 rings (SSSR count). The summed E-state index contributed by atoms with van der Waals surface area (Å²) in [5.41, 5.74) is 13.6. The lowest BCUT2D eigenvalue weighted by Crippen LogP contribution is -2.46. The van der Waals surface area contributed by atoms with Crippen molar-refractivity contribution < 1.29 is 14.4 Å². The number of aryl methyl sites for hydroxylation is 1. The van der Waals surface area contributed by atoms with E-state index in [1.165, 1.54) is 5.56 Å². The summed E-state index contributed by atoms with van der Waals surface area (Å²) in [5, 5.41) is 3.15. The maximum atomic E-state index is 14.7. The van der Waals surface area contributed by atoms with E-state index >= 15 is 0 Å². The molecule has 4 aromatic rings. The van der Waals surface area contributed by atoms with Crippen LogP contribution in [0.1, 0.15) is 61.8 Å². The van der Waals surface area contributed by atoms with E-state index in [0.29, 0.717) is 25.3 Å². The fourth-order valence-electron chi connectivity index (χ4n) is 6.69. The molecule has 3 amide bonds. The second-order valence-electron chi connectivity index (χ2n) is 12.6. The van der Waals surface area contributed by atoms with Gasteiger partial charge in [-0.25, -0.2) is 0 Å². The molecule has 4 aromatic carbocycles. The summed E-state index contributed by atoms with van der Waals surface area (Å²) in [6, 6.07) is 31.5. The third-order valence-electron chi connectivity index (χ3n) is 9.28. The normalized spacial score (nSPS) is 17.1. The quantitative estimate of drug-likeness (QED) is 0.189. The molecule has 3 atom stereocenters. The Morgan fingerprint density at radius 2 is 1.58 bits per heavy atom. The topological polar surface area (TPSA) is 92.5 Å². The van der Waals surface area contributed by atoms with Gasteiger partial charge in [0.1, 0.15) is 6.04 Å². The molecule has 6 nitrogen and oxygen atoms in total. The van der Waals surface area contributed by atoms with E-state index in [-0.39, 0.29) is 11.8 Å². The first-order chi connectivity index (χ1) is 21.8. The van der Waals surface area contributed by atoms with Gasteiger partial charge in [0.25, 0.3) is 5.91 Å². The van der Waals surface area contributed by atoms with Crippen molar-refractivity contribution in [3.05, 3.63) is 114 Å². The summed E-state index contributed by atoms with van der Waals surface area (Å²) < 4.78 is 0. The largest absolute Gasteiger partial charge is 0.369 e. The summed E-state index contributed by atoms with van der Waals surface area (Å²) in [6.07, 6.45) is 4.01. The molecule has 3 N–H and O–H groups in total. The first-order valence-corrected chi connectivity index (χ1v) is 16.1. The van der Waals surface area contributed by atoms with Gasteiger partial charge >= 0.3 is 0 Å². The number of benzene rings is 4. The van der Waals surface area contributed by atoms with Crippen molar-refractivity contribution in [2.75, 3.05) is 4.90 Å². The van der Waals surface area contributed by atoms with Crippen LogP contribution in [0, 0.1) is 24.7 Å². The van der Waals surface area contributed by atoms with E-state index in [9.17, 15) is 14.4 Å². The third kappa shape index (κ3) is 6.56. The maximum absolute atomic E-state index is 14.7. The first kappa shape index (κ1) is 30.3. The third-order valence-corrected chi connectivity index (χ3v) is 9.28. The van der Waals surface area contributed by atoms with Crippen molar-refractivity contribution in [3.8, 4) is 22.3 Å². The monoisotopic (exact) mass is 599 g/mol. The summed E-state index contributed by atoms with van der Waals surface area (Å²) >= 11 is 0. The molecule has 1 aliphatic heterocycles. The predicted molar refractivity (Wildman–Crippen MR) is 179 cm³/mol. The Bertz CT molecular complexity index is 1710. The van der Waals surface area contributed by atoms with Gasteiger partial charge in [0, 0.05) is 17.4 Å². The number of hydrogen-bond donors (Lipinski definition) is 2. The second-order valence-corrected chi connectivity index (χ2v) is 12.6. The van der Waals surface area contributed by atoms with Gasteiger partial charge in [0.2, 0.25) is 11.8 Å². The second kappa shape index (κ2) is 13.1. The average molecular weight is 600 g/mol. The maximum Gasteiger partial charge on any atom is 0.254 e. The van der Waals surface area contributed by atoms with Crippen molar-refractivity contribution in [2.45, 2.75) is 58.5 Å². The van der Waals surface area contributed by atoms with Crippen LogP contribution in [0.3, 0.4) is 0 Å². The molecule has 1 fully saturated rings. The van der Waals surface area contributed by atoms with E-state index in [0.717, 1.165) is 58.3 Å². The number of primary amides is 1. The van der Waals surface area contributed by atoms with Gasteiger partial charge in [-0.3, -0.25) is 14.4 Å². The molecule has 0 radical (unpaired) electrons. The number of fused-ring (bicyclic) bond motifs is 3. The molecule has 0 bridgehead atoms. The van der Waals surface area contributed by atoms with E-state index in [2.05, 4.69) is 48.6 Å². The van der Waals surface area contributed by atoms with E-state index in [1.807, 2.05) is 67.6 Å². The molecule has 0 aromatic heterocycles. The number of amides is 3. The Labute approximate surface area is 265 Å². The van der Waals surface area contributed by atoms with Crippen LogP contribution in [-0.4, -0.2) is 17.7 Å². The van der Waals surface area contributed by atoms with Gasteiger partial charge in [0.05, 0.1) is 12.2 Å². The average Bonchev–Trinajstić information content (AvgIpc) is 3.89. The van der Waals surface area contributed by atoms with Crippen LogP contribution < -0.4 is 16.0 Å². The highest BCUT2D eigenvalue weighted by molar-refractivity contribution is 6.06. The van der Waals surface area contributed by atoms with Crippen LogP contribution in [0.25, 0.3) is 22.3 Å². The van der Waals surface area contributed by atoms with Gasteiger partial charge in [-0.1, -0.05) is 117 Å². The molecule has 3 unspecified atom stereocenters. The van der Waals surface area contributed by atoms with Crippen LogP contribution in [-0.2, 0) is 20.9 Å². The zero-order chi connectivity index (χ0) is 31.5. The van der Waals surface area contributed by atoms with Crippen molar-refractivity contribution >= 4 is 23.4 Å². The van der Waals surface area contributed by atoms with Crippen LogP contribution in [0.4, 0.5) is 5.69 Å².